The van der Waals surface area contributed by atoms with Crippen LogP contribution in [0.3, 0.4) is 0 Å². The molecule has 100 valence electrons. The highest BCUT2D eigenvalue weighted by Gasteiger charge is 2.16. The molecule has 1 atom stereocenters. The summed E-state index contributed by atoms with van der Waals surface area (Å²) in [5.74, 6) is 0.319. The molecule has 0 saturated carbocycles. The number of aromatic nitrogens is 2. The number of aryl methyl sites for hydroxylation is 1. The van der Waals surface area contributed by atoms with Gasteiger partial charge in [-0.25, -0.2) is 4.39 Å². The summed E-state index contributed by atoms with van der Waals surface area (Å²) in [5, 5.41) is 9.15. The van der Waals surface area contributed by atoms with Gasteiger partial charge < -0.3 is 10.1 Å². The molecule has 19 heavy (non-hydrogen) atoms. The molecule has 0 radical (unpaired) electrons. The van der Waals surface area contributed by atoms with E-state index in [1.165, 1.54) is 24.3 Å². The first-order chi connectivity index (χ1) is 9.06. The van der Waals surface area contributed by atoms with Crippen molar-refractivity contribution in [3.63, 3.8) is 0 Å². The van der Waals surface area contributed by atoms with Crippen LogP contribution in [-0.4, -0.2) is 22.2 Å². The number of ether oxygens (including phenoxy) is 1. The van der Waals surface area contributed by atoms with Crippen molar-refractivity contribution in [2.24, 2.45) is 0 Å². The lowest BCUT2D eigenvalue weighted by Crippen LogP contribution is -2.30. The first-order valence-corrected chi connectivity index (χ1v) is 5.79. The van der Waals surface area contributed by atoms with Crippen molar-refractivity contribution >= 4 is 11.7 Å². The molecule has 2 N–H and O–H groups in total. The van der Waals surface area contributed by atoms with E-state index in [1.54, 1.807) is 13.1 Å². The van der Waals surface area contributed by atoms with Crippen LogP contribution in [0.2, 0.25) is 0 Å². The summed E-state index contributed by atoms with van der Waals surface area (Å²) in [5.41, 5.74) is 0.835. The quantitative estimate of drug-likeness (QED) is 0.889. The first kappa shape index (κ1) is 13.1. The van der Waals surface area contributed by atoms with E-state index in [9.17, 15) is 9.18 Å². The minimum absolute atomic E-state index is 0.309. The van der Waals surface area contributed by atoms with Gasteiger partial charge in [-0.15, -0.1) is 0 Å². The third kappa shape index (κ3) is 3.31. The fourth-order valence-electron chi connectivity index (χ4n) is 1.47. The summed E-state index contributed by atoms with van der Waals surface area (Å²) in [6.45, 7) is 3.44. The van der Waals surface area contributed by atoms with Gasteiger partial charge in [-0.3, -0.25) is 9.89 Å². The van der Waals surface area contributed by atoms with Gasteiger partial charge in [-0.1, -0.05) is 0 Å². The Morgan fingerprint density at radius 3 is 2.68 bits per heavy atom. The van der Waals surface area contributed by atoms with E-state index < -0.39 is 6.10 Å². The number of nitrogens with one attached hydrogen (secondary N) is 2. The second-order valence-corrected chi connectivity index (χ2v) is 4.13. The van der Waals surface area contributed by atoms with Gasteiger partial charge in [0.25, 0.3) is 5.91 Å². The summed E-state index contributed by atoms with van der Waals surface area (Å²) in [6, 6.07) is 5.50. The topological polar surface area (TPSA) is 67.0 Å². The first-order valence-electron chi connectivity index (χ1n) is 5.79. The summed E-state index contributed by atoms with van der Waals surface area (Å²) < 4.78 is 18.1. The van der Waals surface area contributed by atoms with Crippen LogP contribution in [0.15, 0.2) is 30.5 Å². The number of benzene rings is 1. The number of hydrogen-bond acceptors (Lipinski definition) is 3. The zero-order valence-electron chi connectivity index (χ0n) is 10.6. The molecule has 0 saturated heterocycles. The predicted octanol–water partition coefficient (Wildman–Crippen LogP) is 2.26. The maximum Gasteiger partial charge on any atom is 0.266 e. The molecule has 1 amide bonds. The number of carbonyl (C=O) groups is 1. The highest BCUT2D eigenvalue weighted by atomic mass is 19.1. The number of H-pyrrole nitrogens is 1. The normalized spacial score (nSPS) is 11.9. The molecule has 1 heterocycles. The highest BCUT2D eigenvalue weighted by molar-refractivity contribution is 5.93. The smallest absolute Gasteiger partial charge is 0.266 e. The fraction of sp³-hybridized carbons (Fsp3) is 0.231. The van der Waals surface area contributed by atoms with Crippen LogP contribution in [0.4, 0.5) is 10.2 Å². The maximum absolute atomic E-state index is 12.7. The van der Waals surface area contributed by atoms with Gasteiger partial charge in [0.15, 0.2) is 6.10 Å². The molecular formula is C13H14FN3O2. The minimum Gasteiger partial charge on any atom is -0.481 e. The number of anilines is 1. The number of rotatable bonds is 4. The van der Waals surface area contributed by atoms with Gasteiger partial charge in [0, 0.05) is 5.56 Å². The molecular weight excluding hydrogens is 249 g/mol. The minimum atomic E-state index is -0.701. The van der Waals surface area contributed by atoms with Crippen LogP contribution in [0.5, 0.6) is 5.75 Å². The number of nitrogens with zero attached hydrogens (tertiary/aromatic N) is 1. The number of aromatic amines is 1. The molecule has 2 aromatic rings. The van der Waals surface area contributed by atoms with Gasteiger partial charge in [0.1, 0.15) is 17.4 Å². The Hall–Kier alpha value is -2.37. The molecule has 1 aromatic carbocycles. The van der Waals surface area contributed by atoms with Crippen LogP contribution < -0.4 is 10.1 Å². The maximum atomic E-state index is 12.7. The number of amides is 1. The van der Waals surface area contributed by atoms with Gasteiger partial charge in [-0.05, 0) is 38.1 Å². The van der Waals surface area contributed by atoms with E-state index in [0.717, 1.165) is 5.56 Å². The van der Waals surface area contributed by atoms with E-state index in [0.29, 0.717) is 11.6 Å². The fourth-order valence-corrected chi connectivity index (χ4v) is 1.47. The van der Waals surface area contributed by atoms with Crippen molar-refractivity contribution < 1.29 is 13.9 Å². The van der Waals surface area contributed by atoms with Crippen molar-refractivity contribution in [2.75, 3.05) is 5.32 Å². The molecule has 6 heteroatoms. The van der Waals surface area contributed by atoms with E-state index >= 15 is 0 Å². The Kier molecular flexibility index (Phi) is 3.79. The molecule has 0 aliphatic heterocycles. The average Bonchev–Trinajstić information content (AvgIpc) is 2.78. The van der Waals surface area contributed by atoms with Crippen LogP contribution in [0, 0.1) is 12.7 Å². The molecule has 0 aliphatic rings. The molecule has 0 spiro atoms. The second kappa shape index (κ2) is 5.51. The van der Waals surface area contributed by atoms with Crippen molar-refractivity contribution in [3.05, 3.63) is 41.8 Å². The van der Waals surface area contributed by atoms with Crippen LogP contribution in [0.25, 0.3) is 0 Å². The number of carbonyl (C=O) groups excluding carboxylic acids is 1. The summed E-state index contributed by atoms with van der Waals surface area (Å²) >= 11 is 0. The van der Waals surface area contributed by atoms with Gasteiger partial charge in [0.2, 0.25) is 0 Å². The zero-order valence-corrected chi connectivity index (χ0v) is 10.6. The molecule has 1 aromatic heterocycles. The Balaban J connectivity index is 1.96. The van der Waals surface area contributed by atoms with E-state index in [2.05, 4.69) is 15.5 Å². The van der Waals surface area contributed by atoms with Crippen molar-refractivity contribution in [2.45, 2.75) is 20.0 Å². The van der Waals surface area contributed by atoms with Gasteiger partial charge in [-0.2, -0.15) is 5.10 Å². The van der Waals surface area contributed by atoms with Crippen molar-refractivity contribution in [1.82, 2.24) is 10.2 Å². The Morgan fingerprint density at radius 2 is 2.11 bits per heavy atom. The van der Waals surface area contributed by atoms with Gasteiger partial charge in [0.05, 0.1) is 6.20 Å². The van der Waals surface area contributed by atoms with Crippen molar-refractivity contribution in [3.8, 4) is 5.75 Å². The molecule has 0 fully saturated rings. The average molecular weight is 263 g/mol. The van der Waals surface area contributed by atoms with Crippen LogP contribution >= 0.6 is 0 Å². The van der Waals surface area contributed by atoms with Crippen LogP contribution in [0.1, 0.15) is 12.5 Å². The Labute approximate surface area is 109 Å². The standard InChI is InChI=1S/C13H14FN3O2/c1-8-7-15-17-12(8)16-13(18)9(2)19-11-5-3-10(14)4-6-11/h3-7,9H,1-2H3,(H2,15,16,17,18). The largest absolute Gasteiger partial charge is 0.481 e. The zero-order chi connectivity index (χ0) is 13.8. The lowest BCUT2D eigenvalue weighted by Gasteiger charge is -2.14. The van der Waals surface area contributed by atoms with E-state index in [1.807, 2.05) is 6.92 Å². The summed E-state index contributed by atoms with van der Waals surface area (Å²) in [4.78, 5) is 11.9. The third-order valence-corrected chi connectivity index (χ3v) is 2.57. The van der Waals surface area contributed by atoms with Crippen LogP contribution in [-0.2, 0) is 4.79 Å². The highest BCUT2D eigenvalue weighted by Crippen LogP contribution is 2.14. The molecule has 0 bridgehead atoms. The monoisotopic (exact) mass is 263 g/mol. The molecule has 0 aliphatic carbocycles. The predicted molar refractivity (Wildman–Crippen MR) is 68.4 cm³/mol. The number of halogens is 1. The molecule has 1 unspecified atom stereocenters. The summed E-state index contributed by atoms with van der Waals surface area (Å²) in [7, 11) is 0. The second-order valence-electron chi connectivity index (χ2n) is 4.13. The molecule has 5 nitrogen and oxygen atoms in total. The molecule has 2 rings (SSSR count). The third-order valence-electron chi connectivity index (χ3n) is 2.57. The van der Waals surface area contributed by atoms with Crippen molar-refractivity contribution in [1.29, 1.82) is 0 Å². The van der Waals surface area contributed by atoms with E-state index in [4.69, 9.17) is 4.74 Å². The lowest BCUT2D eigenvalue weighted by molar-refractivity contribution is -0.122. The Morgan fingerprint density at radius 1 is 1.42 bits per heavy atom. The SMILES string of the molecule is Cc1cn[nH]c1NC(=O)C(C)Oc1ccc(F)cc1. The van der Waals surface area contributed by atoms with E-state index in [-0.39, 0.29) is 11.7 Å². The summed E-state index contributed by atoms with van der Waals surface area (Å²) in [6.07, 6.45) is 0.911. The lowest BCUT2D eigenvalue weighted by atomic mass is 10.3. The number of hydrogen-bond donors (Lipinski definition) is 2. The Bertz CT molecular complexity index is 566. The van der Waals surface area contributed by atoms with Gasteiger partial charge >= 0.3 is 0 Å².